The van der Waals surface area contributed by atoms with E-state index in [1.54, 1.807) is 4.90 Å². The lowest BCUT2D eigenvalue weighted by atomic mass is 10.6. The molecule has 1 amide bonds. The van der Waals surface area contributed by atoms with Crippen molar-refractivity contribution in [3.05, 3.63) is 0 Å². The van der Waals surface area contributed by atoms with Crippen molar-refractivity contribution >= 4 is 17.1 Å². The molecule has 0 atom stereocenters. The highest BCUT2D eigenvalue weighted by molar-refractivity contribution is 7.91. The van der Waals surface area contributed by atoms with E-state index in [0.29, 0.717) is 6.54 Å². The quantitative estimate of drug-likeness (QED) is 0.621. The molecule has 84 valence electrons. The standard InChI is InChI=1S/C5H10N2O.C4H10OS/c1-6-3-5(8)7(2)4-6;1-3-6(5)4-2/h3-4H2,1-2H3;3-4H2,1-2H3. The molecule has 0 radical (unpaired) electrons. The minimum Gasteiger partial charge on any atom is -0.616 e. The van der Waals surface area contributed by atoms with Gasteiger partial charge in [-0.05, 0) is 20.9 Å². The Labute approximate surface area is 89.4 Å². The Morgan fingerprint density at radius 1 is 1.36 bits per heavy atom. The van der Waals surface area contributed by atoms with Crippen LogP contribution in [0.3, 0.4) is 0 Å². The zero-order chi connectivity index (χ0) is 11.1. The minimum absolute atomic E-state index is 0.215. The second kappa shape index (κ2) is 7.09. The van der Waals surface area contributed by atoms with Crippen LogP contribution >= 0.6 is 0 Å². The highest BCUT2D eigenvalue weighted by Gasteiger charge is 2.19. The Bertz CT molecular complexity index is 174. The van der Waals surface area contributed by atoms with Gasteiger partial charge in [-0.25, -0.2) is 0 Å². The van der Waals surface area contributed by atoms with Crippen molar-refractivity contribution in [1.29, 1.82) is 0 Å². The third-order valence-electron chi connectivity index (χ3n) is 1.93. The van der Waals surface area contributed by atoms with Crippen LogP contribution in [0.2, 0.25) is 0 Å². The summed E-state index contributed by atoms with van der Waals surface area (Å²) in [5.74, 6) is 1.82. The molecule has 1 fully saturated rings. The van der Waals surface area contributed by atoms with E-state index in [4.69, 9.17) is 0 Å². The van der Waals surface area contributed by atoms with E-state index >= 15 is 0 Å². The monoisotopic (exact) mass is 220 g/mol. The molecular weight excluding hydrogens is 200 g/mol. The minimum atomic E-state index is -0.534. The van der Waals surface area contributed by atoms with E-state index in [0.717, 1.165) is 18.2 Å². The van der Waals surface area contributed by atoms with Crippen molar-refractivity contribution in [1.82, 2.24) is 9.80 Å². The van der Waals surface area contributed by atoms with Gasteiger partial charge < -0.3 is 9.45 Å². The molecule has 0 aromatic rings. The van der Waals surface area contributed by atoms with Crippen molar-refractivity contribution in [2.75, 3.05) is 38.8 Å². The fraction of sp³-hybridized carbons (Fsp3) is 0.889. The van der Waals surface area contributed by atoms with Gasteiger partial charge in [0.25, 0.3) is 0 Å². The molecule has 0 unspecified atom stereocenters. The molecule has 0 aromatic heterocycles. The summed E-state index contributed by atoms with van der Waals surface area (Å²) in [6, 6.07) is 0. The van der Waals surface area contributed by atoms with Gasteiger partial charge in [-0.2, -0.15) is 0 Å². The molecule has 1 heterocycles. The fourth-order valence-corrected chi connectivity index (χ4v) is 1.45. The third kappa shape index (κ3) is 5.47. The van der Waals surface area contributed by atoms with E-state index in [1.165, 1.54) is 0 Å². The summed E-state index contributed by atoms with van der Waals surface area (Å²) >= 11 is -0.534. The molecule has 0 spiro atoms. The molecule has 0 saturated carbocycles. The summed E-state index contributed by atoms with van der Waals surface area (Å²) in [5, 5.41) is 0. The molecule has 1 aliphatic rings. The molecule has 4 nitrogen and oxygen atoms in total. The number of amides is 1. The molecular formula is C9H20N2O2S. The second-order valence-electron chi connectivity index (χ2n) is 3.26. The van der Waals surface area contributed by atoms with Gasteiger partial charge in [0.2, 0.25) is 5.91 Å². The first-order valence-electron chi connectivity index (χ1n) is 4.78. The van der Waals surface area contributed by atoms with Crippen molar-refractivity contribution in [3.8, 4) is 0 Å². The van der Waals surface area contributed by atoms with Gasteiger partial charge in [-0.15, -0.1) is 0 Å². The Hall–Kier alpha value is -0.260. The summed E-state index contributed by atoms with van der Waals surface area (Å²) in [6.07, 6.45) is 0. The van der Waals surface area contributed by atoms with Crippen LogP contribution in [-0.4, -0.2) is 59.1 Å². The van der Waals surface area contributed by atoms with Gasteiger partial charge in [-0.1, -0.05) is 11.2 Å². The van der Waals surface area contributed by atoms with Crippen LogP contribution in [0.25, 0.3) is 0 Å². The van der Waals surface area contributed by atoms with Crippen molar-refractivity contribution in [2.45, 2.75) is 13.8 Å². The topological polar surface area (TPSA) is 46.6 Å². The number of likely N-dealkylation sites (N-methyl/N-ethyl adjacent to an activating group) is 2. The lowest BCUT2D eigenvalue weighted by Crippen LogP contribution is -2.20. The first kappa shape index (κ1) is 13.7. The number of rotatable bonds is 2. The number of nitrogens with zero attached hydrogens (tertiary/aromatic N) is 2. The van der Waals surface area contributed by atoms with Gasteiger partial charge >= 0.3 is 0 Å². The number of carbonyl (C=O) groups is 1. The van der Waals surface area contributed by atoms with E-state index in [1.807, 2.05) is 32.8 Å². The maximum absolute atomic E-state index is 10.7. The van der Waals surface area contributed by atoms with Gasteiger partial charge in [0.1, 0.15) is 11.5 Å². The smallest absolute Gasteiger partial charge is 0.237 e. The van der Waals surface area contributed by atoms with Crippen molar-refractivity contribution < 1.29 is 9.35 Å². The third-order valence-corrected chi connectivity index (χ3v) is 3.22. The average Bonchev–Trinajstić information content (AvgIpc) is 2.44. The summed E-state index contributed by atoms with van der Waals surface area (Å²) in [7, 11) is 3.74. The molecule has 0 aliphatic carbocycles. The predicted octanol–water partition coefficient (Wildman–Crippen LogP) is 0.123. The normalized spacial score (nSPS) is 17.3. The molecule has 1 aliphatic heterocycles. The first-order valence-corrected chi connectivity index (χ1v) is 6.27. The number of hydrogen-bond donors (Lipinski definition) is 0. The maximum Gasteiger partial charge on any atom is 0.237 e. The van der Waals surface area contributed by atoms with Crippen LogP contribution in [0, 0.1) is 0 Å². The Balaban J connectivity index is 0.000000255. The average molecular weight is 220 g/mol. The summed E-state index contributed by atoms with van der Waals surface area (Å²) in [6.45, 7) is 5.22. The highest BCUT2D eigenvalue weighted by atomic mass is 32.2. The Kier molecular flexibility index (Phi) is 6.96. The SMILES string of the molecule is CC[S+]([O-])CC.CN1CC(=O)N(C)C1. The molecule has 0 bridgehead atoms. The van der Waals surface area contributed by atoms with Gasteiger partial charge in [0, 0.05) is 7.05 Å². The van der Waals surface area contributed by atoms with Crippen LogP contribution in [0.5, 0.6) is 0 Å². The van der Waals surface area contributed by atoms with Gasteiger partial charge in [0.05, 0.1) is 13.2 Å². The summed E-state index contributed by atoms with van der Waals surface area (Å²) in [4.78, 5) is 14.4. The first-order chi connectivity index (χ1) is 6.51. The van der Waals surface area contributed by atoms with Crippen LogP contribution < -0.4 is 0 Å². The molecule has 14 heavy (non-hydrogen) atoms. The lowest BCUT2D eigenvalue weighted by Gasteiger charge is -2.06. The van der Waals surface area contributed by atoms with E-state index in [9.17, 15) is 9.35 Å². The summed E-state index contributed by atoms with van der Waals surface area (Å²) in [5.41, 5.74) is 0. The molecule has 0 N–H and O–H groups in total. The zero-order valence-electron chi connectivity index (χ0n) is 9.45. The second-order valence-corrected chi connectivity index (χ2v) is 5.30. The van der Waals surface area contributed by atoms with Crippen LogP contribution in [0.15, 0.2) is 0 Å². The van der Waals surface area contributed by atoms with Gasteiger partial charge in [0.15, 0.2) is 0 Å². The Morgan fingerprint density at radius 2 is 1.86 bits per heavy atom. The lowest BCUT2D eigenvalue weighted by molar-refractivity contribution is -0.125. The van der Waals surface area contributed by atoms with Gasteiger partial charge in [-0.3, -0.25) is 9.69 Å². The number of hydrogen-bond acceptors (Lipinski definition) is 3. The predicted molar refractivity (Wildman–Crippen MR) is 59.5 cm³/mol. The van der Waals surface area contributed by atoms with E-state index in [2.05, 4.69) is 0 Å². The highest BCUT2D eigenvalue weighted by Crippen LogP contribution is 1.98. The number of carbonyl (C=O) groups excluding carboxylic acids is 1. The van der Waals surface area contributed by atoms with Crippen LogP contribution in [0.4, 0.5) is 0 Å². The zero-order valence-corrected chi connectivity index (χ0v) is 10.3. The molecule has 1 rings (SSSR count). The molecule has 0 aromatic carbocycles. The van der Waals surface area contributed by atoms with Crippen molar-refractivity contribution in [2.24, 2.45) is 0 Å². The molecule has 5 heteroatoms. The van der Waals surface area contributed by atoms with Crippen LogP contribution in [-0.2, 0) is 16.0 Å². The summed E-state index contributed by atoms with van der Waals surface area (Å²) < 4.78 is 10.3. The van der Waals surface area contributed by atoms with E-state index < -0.39 is 11.2 Å². The maximum atomic E-state index is 10.7. The molecule has 1 saturated heterocycles. The fourth-order valence-electron chi connectivity index (χ4n) is 1.05. The largest absolute Gasteiger partial charge is 0.616 e. The van der Waals surface area contributed by atoms with Crippen molar-refractivity contribution in [3.63, 3.8) is 0 Å². The van der Waals surface area contributed by atoms with E-state index in [-0.39, 0.29) is 5.91 Å². The van der Waals surface area contributed by atoms with Crippen LogP contribution in [0.1, 0.15) is 13.8 Å². The Morgan fingerprint density at radius 3 is 1.93 bits per heavy atom.